The normalized spacial score (nSPS) is 23.5. The maximum atomic E-state index is 14.0. The number of hydrogen-bond acceptors (Lipinski definition) is 2. The molecule has 2 rings (SSSR count). The van der Waals surface area contributed by atoms with Crippen molar-refractivity contribution in [1.82, 2.24) is 4.90 Å². The Morgan fingerprint density at radius 3 is 2.75 bits per heavy atom. The first-order chi connectivity index (χ1) is 9.40. The summed E-state index contributed by atoms with van der Waals surface area (Å²) in [6.07, 6.45) is 0.857. The number of likely N-dealkylation sites (tertiary alicyclic amines) is 1. The molecule has 2 atom stereocenters. The molecule has 0 saturated carbocycles. The topological polar surface area (TPSA) is 46.3 Å². The molecule has 20 heavy (non-hydrogen) atoms. The predicted octanol–water partition coefficient (Wildman–Crippen LogP) is 2.61. The molecule has 2 unspecified atom stereocenters. The highest BCUT2D eigenvalue weighted by Crippen LogP contribution is 2.33. The van der Waals surface area contributed by atoms with E-state index in [1.165, 1.54) is 0 Å². The Labute approximate surface area is 117 Å². The average Bonchev–Trinajstić information content (AvgIpc) is 2.37. The minimum absolute atomic E-state index is 0.0472. The van der Waals surface area contributed by atoms with Gasteiger partial charge in [0.15, 0.2) is 0 Å². The second kappa shape index (κ2) is 5.87. The quantitative estimate of drug-likeness (QED) is 0.926. The van der Waals surface area contributed by atoms with Crippen LogP contribution in [0.2, 0.25) is 0 Å². The van der Waals surface area contributed by atoms with Gasteiger partial charge in [-0.25, -0.2) is 8.78 Å². The molecule has 1 aromatic rings. The average molecular weight is 282 g/mol. The van der Waals surface area contributed by atoms with Crippen molar-refractivity contribution in [2.45, 2.75) is 38.8 Å². The van der Waals surface area contributed by atoms with E-state index in [-0.39, 0.29) is 23.4 Å². The van der Waals surface area contributed by atoms with Crippen LogP contribution < -0.4 is 5.73 Å². The number of hydrogen-bond donors (Lipinski definition) is 1. The fourth-order valence-corrected chi connectivity index (χ4v) is 2.73. The van der Waals surface area contributed by atoms with Gasteiger partial charge in [-0.1, -0.05) is 13.8 Å². The molecule has 1 aliphatic rings. The second-order valence-electron chi connectivity index (χ2n) is 5.75. The monoisotopic (exact) mass is 282 g/mol. The fraction of sp³-hybridized carbons (Fsp3) is 0.533. The number of rotatable bonds is 3. The van der Waals surface area contributed by atoms with Crippen molar-refractivity contribution in [3.8, 4) is 0 Å². The molecular weight excluding hydrogens is 262 g/mol. The molecule has 5 heteroatoms. The van der Waals surface area contributed by atoms with Crippen molar-refractivity contribution >= 4 is 5.91 Å². The number of benzene rings is 1. The summed E-state index contributed by atoms with van der Waals surface area (Å²) in [7, 11) is 0. The van der Waals surface area contributed by atoms with Crippen LogP contribution in [0.5, 0.6) is 0 Å². The number of carbonyl (C=O) groups is 1. The van der Waals surface area contributed by atoms with Crippen LogP contribution in [0.3, 0.4) is 0 Å². The maximum Gasteiger partial charge on any atom is 0.223 e. The third-order valence-electron chi connectivity index (χ3n) is 3.59. The lowest BCUT2D eigenvalue weighted by Crippen LogP contribution is -2.50. The Morgan fingerprint density at radius 2 is 2.10 bits per heavy atom. The number of amides is 1. The summed E-state index contributed by atoms with van der Waals surface area (Å²) in [6.45, 7) is 4.45. The largest absolute Gasteiger partial charge is 0.334 e. The summed E-state index contributed by atoms with van der Waals surface area (Å²) in [5.41, 5.74) is 6.25. The Hall–Kier alpha value is -1.49. The van der Waals surface area contributed by atoms with Crippen molar-refractivity contribution in [2.75, 3.05) is 6.54 Å². The van der Waals surface area contributed by atoms with Gasteiger partial charge in [-0.2, -0.15) is 0 Å². The number of nitrogens with zero attached hydrogens (tertiary/aromatic N) is 1. The van der Waals surface area contributed by atoms with Gasteiger partial charge in [0.1, 0.15) is 11.6 Å². The highest BCUT2D eigenvalue weighted by molar-refractivity contribution is 5.78. The smallest absolute Gasteiger partial charge is 0.223 e. The van der Waals surface area contributed by atoms with E-state index in [4.69, 9.17) is 5.73 Å². The molecule has 0 bridgehead atoms. The highest BCUT2D eigenvalue weighted by atomic mass is 19.1. The van der Waals surface area contributed by atoms with Gasteiger partial charge in [-0.15, -0.1) is 0 Å². The van der Waals surface area contributed by atoms with Crippen LogP contribution in [-0.2, 0) is 4.79 Å². The van der Waals surface area contributed by atoms with Crippen LogP contribution in [0.15, 0.2) is 18.2 Å². The van der Waals surface area contributed by atoms with Crippen molar-refractivity contribution < 1.29 is 13.6 Å². The van der Waals surface area contributed by atoms with E-state index in [2.05, 4.69) is 0 Å². The van der Waals surface area contributed by atoms with Crippen molar-refractivity contribution in [1.29, 1.82) is 0 Å². The Balaban J connectivity index is 2.41. The molecule has 1 saturated heterocycles. The maximum absolute atomic E-state index is 14.0. The third-order valence-corrected chi connectivity index (χ3v) is 3.59. The van der Waals surface area contributed by atoms with E-state index in [1.54, 1.807) is 4.90 Å². The zero-order valence-electron chi connectivity index (χ0n) is 11.8. The Kier molecular flexibility index (Phi) is 4.38. The van der Waals surface area contributed by atoms with E-state index in [0.717, 1.165) is 18.2 Å². The molecule has 1 amide bonds. The molecule has 1 aliphatic heterocycles. The van der Waals surface area contributed by atoms with Gasteiger partial charge in [0.05, 0.1) is 6.04 Å². The summed E-state index contributed by atoms with van der Waals surface area (Å²) < 4.78 is 27.4. The molecule has 0 aliphatic carbocycles. The fourth-order valence-electron chi connectivity index (χ4n) is 2.73. The summed E-state index contributed by atoms with van der Waals surface area (Å²) >= 11 is 0. The predicted molar refractivity (Wildman–Crippen MR) is 72.9 cm³/mol. The molecule has 0 radical (unpaired) electrons. The lowest BCUT2D eigenvalue weighted by Gasteiger charge is -2.41. The molecule has 1 heterocycles. The molecule has 2 N–H and O–H groups in total. The van der Waals surface area contributed by atoms with Gasteiger partial charge in [0, 0.05) is 24.6 Å². The van der Waals surface area contributed by atoms with Crippen LogP contribution in [0.25, 0.3) is 0 Å². The van der Waals surface area contributed by atoms with Crippen molar-refractivity contribution in [3.63, 3.8) is 0 Å². The summed E-state index contributed by atoms with van der Waals surface area (Å²) in [6, 6.07) is 2.34. The van der Waals surface area contributed by atoms with E-state index in [1.807, 2.05) is 13.8 Å². The third kappa shape index (κ3) is 2.98. The standard InChI is InChI=1S/C15H20F2N2O/c1-9(2)8-19-14(20)6-5-13(18)15(19)11-7-10(16)3-4-12(11)17/h3-4,7,9,13,15H,5-6,8,18H2,1-2H3. The van der Waals surface area contributed by atoms with E-state index in [9.17, 15) is 13.6 Å². The van der Waals surface area contributed by atoms with Crippen LogP contribution in [-0.4, -0.2) is 23.4 Å². The summed E-state index contributed by atoms with van der Waals surface area (Å²) in [5.74, 6) is -0.844. The SMILES string of the molecule is CC(C)CN1C(=O)CCC(N)C1c1cc(F)ccc1F. The number of halogens is 2. The van der Waals surface area contributed by atoms with E-state index >= 15 is 0 Å². The lowest BCUT2D eigenvalue weighted by atomic mass is 9.89. The van der Waals surface area contributed by atoms with Crippen LogP contribution in [0, 0.1) is 17.6 Å². The van der Waals surface area contributed by atoms with Crippen molar-refractivity contribution in [3.05, 3.63) is 35.4 Å². The first kappa shape index (κ1) is 14.9. The molecule has 110 valence electrons. The van der Waals surface area contributed by atoms with Gasteiger partial charge in [-0.05, 0) is 30.5 Å². The van der Waals surface area contributed by atoms with E-state index in [0.29, 0.717) is 19.4 Å². The number of nitrogens with two attached hydrogens (primary N) is 1. The number of carbonyl (C=O) groups excluding carboxylic acids is 1. The van der Waals surface area contributed by atoms with Gasteiger partial charge in [0.2, 0.25) is 5.91 Å². The molecule has 0 spiro atoms. The molecule has 0 aromatic heterocycles. The van der Waals surface area contributed by atoms with E-state index < -0.39 is 17.7 Å². The zero-order chi connectivity index (χ0) is 14.9. The molecule has 1 fully saturated rings. The first-order valence-corrected chi connectivity index (χ1v) is 6.90. The van der Waals surface area contributed by atoms with Gasteiger partial charge in [0.25, 0.3) is 0 Å². The Bertz CT molecular complexity index is 505. The van der Waals surface area contributed by atoms with Gasteiger partial charge in [-0.3, -0.25) is 4.79 Å². The van der Waals surface area contributed by atoms with Crippen molar-refractivity contribution in [2.24, 2.45) is 11.7 Å². The summed E-state index contributed by atoms with van der Waals surface area (Å²) in [5, 5.41) is 0. The van der Waals surface area contributed by atoms with Crippen LogP contribution in [0.1, 0.15) is 38.3 Å². The van der Waals surface area contributed by atoms with Crippen LogP contribution in [0.4, 0.5) is 8.78 Å². The van der Waals surface area contributed by atoms with Gasteiger partial charge >= 0.3 is 0 Å². The lowest BCUT2D eigenvalue weighted by molar-refractivity contribution is -0.138. The number of piperidine rings is 1. The first-order valence-electron chi connectivity index (χ1n) is 6.90. The Morgan fingerprint density at radius 1 is 1.40 bits per heavy atom. The minimum Gasteiger partial charge on any atom is -0.334 e. The molecule has 1 aromatic carbocycles. The second-order valence-corrected chi connectivity index (χ2v) is 5.75. The zero-order valence-corrected chi connectivity index (χ0v) is 11.8. The summed E-state index contributed by atoms with van der Waals surface area (Å²) in [4.78, 5) is 13.7. The highest BCUT2D eigenvalue weighted by Gasteiger charge is 2.36. The molecule has 3 nitrogen and oxygen atoms in total. The van der Waals surface area contributed by atoms with Gasteiger partial charge < -0.3 is 10.6 Å². The molecular formula is C15H20F2N2O. The minimum atomic E-state index is -0.589. The van der Waals surface area contributed by atoms with Crippen LogP contribution >= 0.6 is 0 Å².